The topological polar surface area (TPSA) is 80.9 Å². The third-order valence-electron chi connectivity index (χ3n) is 6.60. The fourth-order valence-corrected chi connectivity index (χ4v) is 5.83. The van der Waals surface area contributed by atoms with E-state index >= 15 is 0 Å². The fourth-order valence-electron chi connectivity index (χ4n) is 5.18. The normalized spacial score (nSPS) is 21.4. The van der Waals surface area contributed by atoms with Crippen molar-refractivity contribution in [2.75, 3.05) is 25.1 Å². The molecule has 2 saturated heterocycles. The van der Waals surface area contributed by atoms with Gasteiger partial charge in [0.25, 0.3) is 6.01 Å². The second-order valence-electron chi connectivity index (χ2n) is 10.4. The zero-order valence-electron chi connectivity index (χ0n) is 21.0. The number of hydrogen-bond donors (Lipinski definition) is 0. The number of piperidine rings is 1. The van der Waals surface area contributed by atoms with Crippen LogP contribution in [0.3, 0.4) is 0 Å². The number of amides is 1. The third-order valence-corrected chi connectivity index (χ3v) is 7.40. The summed E-state index contributed by atoms with van der Waals surface area (Å²) in [7, 11) is 1.03. The summed E-state index contributed by atoms with van der Waals surface area (Å²) in [5.74, 6) is 0. The summed E-state index contributed by atoms with van der Waals surface area (Å²) in [6.45, 7) is 6.51. The van der Waals surface area contributed by atoms with Crippen LogP contribution in [0.15, 0.2) is 28.1 Å². The molecule has 1 aromatic carbocycles. The van der Waals surface area contributed by atoms with Crippen LogP contribution in [-0.2, 0) is 9.47 Å². The van der Waals surface area contributed by atoms with Gasteiger partial charge in [-0.05, 0) is 57.7 Å². The molecule has 0 aliphatic carbocycles. The number of nitrogens with zero attached hydrogens (tertiary/aromatic N) is 4. The van der Waals surface area contributed by atoms with E-state index in [0.717, 1.165) is 26.4 Å². The SMILES string of the molecule is COC(c1cc(-c2nccs2)c2oc(N3CC4CCCC(C3)N4C(=O)OC(C)(C)C)nc2c1)C(F)(F)F. The first-order valence-electron chi connectivity index (χ1n) is 12.1. The van der Waals surface area contributed by atoms with Crippen molar-refractivity contribution < 1.29 is 31.9 Å². The predicted octanol–water partition coefficient (Wildman–Crippen LogP) is 6.18. The second-order valence-corrected chi connectivity index (χ2v) is 11.3. The average molecular weight is 539 g/mol. The van der Waals surface area contributed by atoms with Crippen molar-refractivity contribution in [1.29, 1.82) is 0 Å². The van der Waals surface area contributed by atoms with E-state index in [-0.39, 0.29) is 23.7 Å². The van der Waals surface area contributed by atoms with E-state index in [1.807, 2.05) is 30.6 Å². The Kier molecular flexibility index (Phi) is 6.59. The van der Waals surface area contributed by atoms with Crippen molar-refractivity contribution in [2.24, 2.45) is 0 Å². The van der Waals surface area contributed by atoms with Crippen molar-refractivity contribution in [3.05, 3.63) is 29.3 Å². The van der Waals surface area contributed by atoms with Gasteiger partial charge in [0.2, 0.25) is 0 Å². The highest BCUT2D eigenvalue weighted by molar-refractivity contribution is 7.13. The Labute approximate surface area is 216 Å². The molecule has 0 spiro atoms. The van der Waals surface area contributed by atoms with Gasteiger partial charge in [-0.25, -0.2) is 9.78 Å². The van der Waals surface area contributed by atoms with Crippen molar-refractivity contribution in [3.8, 4) is 10.6 Å². The molecule has 4 heterocycles. The summed E-state index contributed by atoms with van der Waals surface area (Å²) in [6, 6.07) is 2.93. The van der Waals surface area contributed by atoms with Crippen LogP contribution < -0.4 is 4.90 Å². The van der Waals surface area contributed by atoms with Crippen LogP contribution in [0.2, 0.25) is 0 Å². The van der Waals surface area contributed by atoms with E-state index in [4.69, 9.17) is 13.9 Å². The molecule has 37 heavy (non-hydrogen) atoms. The lowest BCUT2D eigenvalue weighted by Gasteiger charge is -2.49. The van der Waals surface area contributed by atoms with Crippen molar-refractivity contribution in [3.63, 3.8) is 0 Å². The number of piperazine rings is 1. The molecule has 0 saturated carbocycles. The van der Waals surface area contributed by atoms with Crippen LogP contribution >= 0.6 is 11.3 Å². The van der Waals surface area contributed by atoms with E-state index in [1.165, 1.54) is 23.5 Å². The lowest BCUT2D eigenvalue weighted by Crippen LogP contribution is -2.63. The van der Waals surface area contributed by atoms with Crippen LogP contribution in [0.5, 0.6) is 0 Å². The van der Waals surface area contributed by atoms with Crippen LogP contribution in [-0.4, -0.2) is 65.0 Å². The van der Waals surface area contributed by atoms with Gasteiger partial charge in [0.15, 0.2) is 11.7 Å². The monoisotopic (exact) mass is 538 g/mol. The first kappa shape index (κ1) is 25.8. The Morgan fingerprint density at radius 2 is 1.89 bits per heavy atom. The number of ether oxygens (including phenoxy) is 2. The zero-order chi connectivity index (χ0) is 26.5. The maximum Gasteiger partial charge on any atom is 0.418 e. The van der Waals surface area contributed by atoms with Crippen LogP contribution in [0, 0.1) is 0 Å². The van der Waals surface area contributed by atoms with Crippen LogP contribution in [0.4, 0.5) is 24.0 Å². The number of thiazole rings is 1. The molecule has 2 fully saturated rings. The van der Waals surface area contributed by atoms with Crippen molar-refractivity contribution in [1.82, 2.24) is 14.9 Å². The Bertz CT molecular complexity index is 1260. The number of carbonyl (C=O) groups is 1. The molecule has 3 atom stereocenters. The smallest absolute Gasteiger partial charge is 0.418 e. The van der Waals surface area contributed by atoms with Crippen molar-refractivity contribution >= 4 is 34.5 Å². The number of aromatic nitrogens is 2. The fraction of sp³-hybridized carbons (Fsp3) is 0.560. The molecule has 0 N–H and O–H groups in total. The maximum atomic E-state index is 13.7. The minimum Gasteiger partial charge on any atom is -0.444 e. The van der Waals surface area contributed by atoms with E-state index in [2.05, 4.69) is 9.97 Å². The van der Waals surface area contributed by atoms with Gasteiger partial charge in [0.1, 0.15) is 16.1 Å². The van der Waals surface area contributed by atoms with Crippen molar-refractivity contribution in [2.45, 2.75) is 70.0 Å². The quantitative estimate of drug-likeness (QED) is 0.392. The molecule has 1 amide bonds. The van der Waals surface area contributed by atoms with Gasteiger partial charge in [-0.2, -0.15) is 18.2 Å². The van der Waals surface area contributed by atoms with E-state index in [0.29, 0.717) is 40.8 Å². The summed E-state index contributed by atoms with van der Waals surface area (Å²) in [5.41, 5.74) is 0.428. The van der Waals surface area contributed by atoms with Crippen LogP contribution in [0.1, 0.15) is 51.7 Å². The molecule has 2 aliphatic heterocycles. The highest BCUT2D eigenvalue weighted by atomic mass is 32.1. The molecule has 2 aromatic heterocycles. The molecule has 2 bridgehead atoms. The van der Waals surface area contributed by atoms with E-state index in [1.54, 1.807) is 11.6 Å². The molecule has 2 aliphatic rings. The van der Waals surface area contributed by atoms with Gasteiger partial charge in [-0.1, -0.05) is 0 Å². The van der Waals surface area contributed by atoms with Gasteiger partial charge in [0.05, 0.1) is 17.6 Å². The number of methoxy groups -OCH3 is 1. The molecule has 8 nitrogen and oxygen atoms in total. The molecular formula is C25H29F3N4O4S. The molecule has 0 radical (unpaired) electrons. The highest BCUT2D eigenvalue weighted by Crippen LogP contribution is 2.41. The summed E-state index contributed by atoms with van der Waals surface area (Å²) in [5, 5.41) is 2.28. The number of oxazole rings is 1. The first-order chi connectivity index (χ1) is 17.4. The maximum absolute atomic E-state index is 13.7. The third kappa shape index (κ3) is 5.13. The largest absolute Gasteiger partial charge is 0.444 e. The number of hydrogen-bond acceptors (Lipinski definition) is 8. The molecule has 3 aromatic rings. The molecule has 12 heteroatoms. The summed E-state index contributed by atoms with van der Waals surface area (Å²) in [4.78, 5) is 25.6. The van der Waals surface area contributed by atoms with E-state index < -0.39 is 17.9 Å². The molecular weight excluding hydrogens is 509 g/mol. The van der Waals surface area contributed by atoms with E-state index in [9.17, 15) is 18.0 Å². The number of anilines is 1. The lowest BCUT2D eigenvalue weighted by molar-refractivity contribution is -0.215. The summed E-state index contributed by atoms with van der Waals surface area (Å²) in [6.07, 6.45) is -2.79. The minimum atomic E-state index is -4.59. The summed E-state index contributed by atoms with van der Waals surface area (Å²) >= 11 is 1.30. The Balaban J connectivity index is 1.50. The molecule has 3 unspecified atom stereocenters. The average Bonchev–Trinajstić information content (AvgIpc) is 3.46. The Morgan fingerprint density at radius 3 is 2.46 bits per heavy atom. The number of fused-ring (bicyclic) bond motifs is 3. The lowest BCUT2D eigenvalue weighted by atomic mass is 9.92. The van der Waals surface area contributed by atoms with Gasteiger partial charge >= 0.3 is 12.3 Å². The minimum absolute atomic E-state index is 0.0702. The molecule has 5 rings (SSSR count). The van der Waals surface area contributed by atoms with Gasteiger partial charge in [-0.15, -0.1) is 11.3 Å². The number of benzene rings is 1. The van der Waals surface area contributed by atoms with Gasteiger partial charge < -0.3 is 18.8 Å². The highest BCUT2D eigenvalue weighted by Gasteiger charge is 2.44. The predicted molar refractivity (Wildman–Crippen MR) is 133 cm³/mol. The number of alkyl halides is 3. The first-order valence-corrected chi connectivity index (χ1v) is 13.0. The number of carbonyl (C=O) groups excluding carboxylic acids is 1. The zero-order valence-corrected chi connectivity index (χ0v) is 21.9. The number of rotatable bonds is 4. The van der Waals surface area contributed by atoms with Gasteiger partial charge in [-0.3, -0.25) is 4.90 Å². The Morgan fingerprint density at radius 1 is 1.19 bits per heavy atom. The van der Waals surface area contributed by atoms with Crippen LogP contribution in [0.25, 0.3) is 21.7 Å². The Hall–Kier alpha value is -2.86. The second kappa shape index (κ2) is 9.46. The number of halogens is 3. The van der Waals surface area contributed by atoms with Gasteiger partial charge in [0, 0.05) is 31.8 Å². The molecule has 200 valence electrons. The standard InChI is InChI=1S/C25H29F3N4O4S/c1-24(2,3)36-23(33)32-15-6-5-7-16(32)13-31(12-15)22-30-18-11-14(20(34-4)25(26,27)28)10-17(19(18)35-22)21-29-8-9-37-21/h8-11,15-16,20H,5-7,12-13H2,1-4H3. The summed E-state index contributed by atoms with van der Waals surface area (Å²) < 4.78 is 57.7.